The fraction of sp³-hybridized carbons (Fsp3) is 0.235. The molecule has 1 atom stereocenters. The molecular weight excluding hydrogens is 377 g/mol. The number of rotatable bonds is 4. The van der Waals surface area contributed by atoms with Crippen molar-refractivity contribution in [2.75, 3.05) is 5.32 Å². The lowest BCUT2D eigenvalue weighted by Gasteiger charge is -2.16. The maximum atomic E-state index is 12.2. The van der Waals surface area contributed by atoms with Gasteiger partial charge >= 0.3 is 0 Å². The number of benzene rings is 2. The van der Waals surface area contributed by atoms with Gasteiger partial charge in [-0.15, -0.1) is 0 Å². The number of halogens is 1. The van der Waals surface area contributed by atoms with E-state index in [1.807, 2.05) is 56.3 Å². The number of carbonyl (C=O) groups is 1. The number of nitrogens with one attached hydrogen (secondary N) is 1. The maximum Gasteiger partial charge on any atom is 0.265 e. The van der Waals surface area contributed by atoms with E-state index in [9.17, 15) is 4.79 Å². The van der Waals surface area contributed by atoms with Crippen LogP contribution in [0.4, 0.5) is 5.69 Å². The standard InChI is InChI=1S/C17H18INO2/c1-11-7-8-12(2)16(9-11)19-17(20)13(3)21-15-6-4-5-14(18)10-15/h4-10,13H,1-3H3,(H,19,20). The number of amides is 1. The molecule has 0 bridgehead atoms. The van der Waals surface area contributed by atoms with Gasteiger partial charge < -0.3 is 10.1 Å². The first kappa shape index (κ1) is 15.8. The molecule has 0 heterocycles. The molecule has 0 spiro atoms. The normalized spacial score (nSPS) is 11.8. The van der Waals surface area contributed by atoms with E-state index >= 15 is 0 Å². The molecule has 3 nitrogen and oxygen atoms in total. The SMILES string of the molecule is Cc1ccc(C)c(NC(=O)C(C)Oc2cccc(I)c2)c1. The van der Waals surface area contributed by atoms with Crippen LogP contribution in [0.5, 0.6) is 5.75 Å². The van der Waals surface area contributed by atoms with Gasteiger partial charge in [0.25, 0.3) is 5.91 Å². The molecule has 1 amide bonds. The lowest BCUT2D eigenvalue weighted by Crippen LogP contribution is -2.30. The number of anilines is 1. The lowest BCUT2D eigenvalue weighted by molar-refractivity contribution is -0.122. The summed E-state index contributed by atoms with van der Waals surface area (Å²) in [6.07, 6.45) is -0.553. The van der Waals surface area contributed by atoms with Crippen molar-refractivity contribution in [3.63, 3.8) is 0 Å². The van der Waals surface area contributed by atoms with Gasteiger partial charge in [0, 0.05) is 9.26 Å². The molecule has 0 radical (unpaired) electrons. The number of carbonyl (C=O) groups excluding carboxylic acids is 1. The third kappa shape index (κ3) is 4.46. The highest BCUT2D eigenvalue weighted by molar-refractivity contribution is 14.1. The number of ether oxygens (including phenoxy) is 1. The molecule has 0 fully saturated rings. The summed E-state index contributed by atoms with van der Waals surface area (Å²) in [4.78, 5) is 12.2. The van der Waals surface area contributed by atoms with Crippen LogP contribution >= 0.6 is 22.6 Å². The predicted molar refractivity (Wildman–Crippen MR) is 93.8 cm³/mol. The summed E-state index contributed by atoms with van der Waals surface area (Å²) in [6.45, 7) is 5.72. The molecule has 2 aromatic rings. The zero-order valence-corrected chi connectivity index (χ0v) is 14.5. The Morgan fingerprint density at radius 3 is 2.67 bits per heavy atom. The highest BCUT2D eigenvalue weighted by Crippen LogP contribution is 2.19. The van der Waals surface area contributed by atoms with Crippen LogP contribution in [0, 0.1) is 17.4 Å². The van der Waals surface area contributed by atoms with Gasteiger partial charge in [-0.05, 0) is 78.8 Å². The smallest absolute Gasteiger partial charge is 0.265 e. The average Bonchev–Trinajstić information content (AvgIpc) is 2.43. The fourth-order valence-electron chi connectivity index (χ4n) is 1.90. The van der Waals surface area contributed by atoms with E-state index in [2.05, 4.69) is 27.9 Å². The zero-order chi connectivity index (χ0) is 15.4. The number of hydrogen-bond donors (Lipinski definition) is 1. The van der Waals surface area contributed by atoms with Crippen LogP contribution in [0.25, 0.3) is 0 Å². The summed E-state index contributed by atoms with van der Waals surface area (Å²) in [5.41, 5.74) is 2.98. The zero-order valence-electron chi connectivity index (χ0n) is 12.3. The topological polar surface area (TPSA) is 38.3 Å². The molecule has 0 aliphatic carbocycles. The minimum Gasteiger partial charge on any atom is -0.481 e. The largest absolute Gasteiger partial charge is 0.481 e. The second-order valence-corrected chi connectivity index (χ2v) is 6.27. The minimum absolute atomic E-state index is 0.150. The van der Waals surface area contributed by atoms with Gasteiger partial charge in [-0.3, -0.25) is 4.79 Å². The molecule has 4 heteroatoms. The Morgan fingerprint density at radius 2 is 1.95 bits per heavy atom. The molecule has 21 heavy (non-hydrogen) atoms. The Hall–Kier alpha value is -1.56. The summed E-state index contributed by atoms with van der Waals surface area (Å²) < 4.78 is 6.76. The molecular formula is C17H18INO2. The highest BCUT2D eigenvalue weighted by atomic mass is 127. The fourth-order valence-corrected chi connectivity index (χ4v) is 2.42. The van der Waals surface area contributed by atoms with Crippen LogP contribution in [-0.2, 0) is 4.79 Å². The molecule has 110 valence electrons. The lowest BCUT2D eigenvalue weighted by atomic mass is 10.1. The summed E-state index contributed by atoms with van der Waals surface area (Å²) in [7, 11) is 0. The third-order valence-corrected chi connectivity index (χ3v) is 3.80. The summed E-state index contributed by atoms with van der Waals surface area (Å²) in [6, 6.07) is 13.6. The summed E-state index contributed by atoms with van der Waals surface area (Å²) in [5.74, 6) is 0.549. The Kier molecular flexibility index (Phi) is 5.22. The van der Waals surface area contributed by atoms with Gasteiger partial charge in [-0.2, -0.15) is 0 Å². The van der Waals surface area contributed by atoms with Gasteiger partial charge in [0.15, 0.2) is 6.10 Å². The summed E-state index contributed by atoms with van der Waals surface area (Å²) in [5, 5.41) is 2.92. The predicted octanol–water partition coefficient (Wildman–Crippen LogP) is 4.31. The summed E-state index contributed by atoms with van der Waals surface area (Å²) >= 11 is 2.22. The molecule has 0 aromatic heterocycles. The van der Waals surface area contributed by atoms with E-state index in [1.54, 1.807) is 6.92 Å². The van der Waals surface area contributed by atoms with E-state index in [0.717, 1.165) is 20.4 Å². The van der Waals surface area contributed by atoms with Crippen molar-refractivity contribution in [3.05, 3.63) is 57.2 Å². The van der Waals surface area contributed by atoms with Crippen LogP contribution in [0.1, 0.15) is 18.1 Å². The van der Waals surface area contributed by atoms with E-state index < -0.39 is 6.10 Å². The highest BCUT2D eigenvalue weighted by Gasteiger charge is 2.15. The molecule has 0 saturated carbocycles. The Labute approximate surface area is 138 Å². The van der Waals surface area contributed by atoms with Crippen LogP contribution in [0.3, 0.4) is 0 Å². The first-order chi connectivity index (χ1) is 9.95. The molecule has 0 aliphatic rings. The van der Waals surface area contributed by atoms with Crippen LogP contribution < -0.4 is 10.1 Å². The van der Waals surface area contributed by atoms with E-state index in [1.165, 1.54) is 0 Å². The molecule has 1 N–H and O–H groups in total. The van der Waals surface area contributed by atoms with Crippen LogP contribution in [0.15, 0.2) is 42.5 Å². The third-order valence-electron chi connectivity index (χ3n) is 3.13. The first-order valence-electron chi connectivity index (χ1n) is 6.76. The number of hydrogen-bond acceptors (Lipinski definition) is 2. The van der Waals surface area contributed by atoms with Crippen molar-refractivity contribution in [2.45, 2.75) is 26.9 Å². The van der Waals surface area contributed by atoms with E-state index in [4.69, 9.17) is 4.74 Å². The first-order valence-corrected chi connectivity index (χ1v) is 7.84. The second-order valence-electron chi connectivity index (χ2n) is 5.03. The van der Waals surface area contributed by atoms with Crippen molar-refractivity contribution < 1.29 is 9.53 Å². The van der Waals surface area contributed by atoms with Crippen LogP contribution in [0.2, 0.25) is 0 Å². The molecule has 0 aliphatic heterocycles. The van der Waals surface area contributed by atoms with Gasteiger partial charge in [0.05, 0.1) is 0 Å². The maximum absolute atomic E-state index is 12.2. The van der Waals surface area contributed by atoms with Gasteiger partial charge in [-0.25, -0.2) is 0 Å². The Bertz CT molecular complexity index is 655. The minimum atomic E-state index is -0.553. The van der Waals surface area contributed by atoms with Gasteiger partial charge in [0.2, 0.25) is 0 Å². The van der Waals surface area contributed by atoms with Gasteiger partial charge in [-0.1, -0.05) is 18.2 Å². The van der Waals surface area contributed by atoms with Crippen molar-refractivity contribution in [1.29, 1.82) is 0 Å². The Morgan fingerprint density at radius 1 is 1.19 bits per heavy atom. The molecule has 1 unspecified atom stereocenters. The van der Waals surface area contributed by atoms with Gasteiger partial charge in [0.1, 0.15) is 5.75 Å². The van der Waals surface area contributed by atoms with E-state index in [-0.39, 0.29) is 5.91 Å². The monoisotopic (exact) mass is 395 g/mol. The van der Waals surface area contributed by atoms with E-state index in [0.29, 0.717) is 5.75 Å². The number of aryl methyl sites for hydroxylation is 2. The van der Waals surface area contributed by atoms with Crippen LogP contribution in [-0.4, -0.2) is 12.0 Å². The van der Waals surface area contributed by atoms with Crippen molar-refractivity contribution in [3.8, 4) is 5.75 Å². The van der Waals surface area contributed by atoms with Crippen molar-refractivity contribution >= 4 is 34.2 Å². The molecule has 0 saturated heterocycles. The molecule has 2 rings (SSSR count). The average molecular weight is 395 g/mol. The van der Waals surface area contributed by atoms with Crippen molar-refractivity contribution in [2.24, 2.45) is 0 Å². The van der Waals surface area contributed by atoms with Crippen molar-refractivity contribution in [1.82, 2.24) is 0 Å². The Balaban J connectivity index is 2.04. The second kappa shape index (κ2) is 6.93. The quantitative estimate of drug-likeness (QED) is 0.784. The molecule has 2 aromatic carbocycles.